The molecule has 0 spiro atoms. The summed E-state index contributed by atoms with van der Waals surface area (Å²) in [5.74, 6) is 0. The number of nitrogens with one attached hydrogen (secondary N) is 1. The number of hydrogen-bond acceptors (Lipinski definition) is 5. The normalized spacial score (nSPS) is 10.6. The highest BCUT2D eigenvalue weighted by Crippen LogP contribution is 2.15. The predicted molar refractivity (Wildman–Crippen MR) is 41.7 cm³/mol. The molecule has 56 valence electrons. The summed E-state index contributed by atoms with van der Waals surface area (Å²) in [7, 11) is 0. The van der Waals surface area contributed by atoms with Crippen LogP contribution in [-0.2, 0) is 0 Å². The first-order valence-corrected chi connectivity index (χ1v) is 3.80. The van der Waals surface area contributed by atoms with Gasteiger partial charge in [0, 0.05) is 0 Å². The van der Waals surface area contributed by atoms with E-state index < -0.39 is 0 Å². The average molecular weight is 167 g/mol. The lowest BCUT2D eigenvalue weighted by molar-refractivity contribution is 1.09. The minimum Gasteiger partial charge on any atom is -0.341 e. The maximum atomic E-state index is 5.35. The van der Waals surface area contributed by atoms with Gasteiger partial charge in [-0.2, -0.15) is 0 Å². The van der Waals surface area contributed by atoms with Gasteiger partial charge in [0.05, 0.1) is 6.33 Å². The van der Waals surface area contributed by atoms with Crippen LogP contribution in [0.15, 0.2) is 17.7 Å². The van der Waals surface area contributed by atoms with Gasteiger partial charge in [0.1, 0.15) is 16.9 Å². The first kappa shape index (κ1) is 6.56. The summed E-state index contributed by atoms with van der Waals surface area (Å²) < 4.78 is 0. The highest BCUT2D eigenvalue weighted by Gasteiger charge is 2.02. The number of nitrogens with zero attached hydrogens (tertiary/aromatic N) is 3. The third kappa shape index (κ3) is 0.958. The third-order valence-electron chi connectivity index (χ3n) is 1.30. The SMILES string of the molecule is NSc1ncnc2nc[nH]c12. The van der Waals surface area contributed by atoms with Crippen molar-refractivity contribution in [1.29, 1.82) is 0 Å². The number of rotatable bonds is 1. The Morgan fingerprint density at radius 2 is 2.27 bits per heavy atom. The molecule has 0 amide bonds. The lowest BCUT2D eigenvalue weighted by Gasteiger charge is -1.92. The number of fused-ring (bicyclic) bond motifs is 1. The summed E-state index contributed by atoms with van der Waals surface area (Å²) >= 11 is 1.08. The Bertz CT molecular complexity index is 370. The van der Waals surface area contributed by atoms with Crippen molar-refractivity contribution >= 4 is 23.1 Å². The van der Waals surface area contributed by atoms with Crippen molar-refractivity contribution in [2.75, 3.05) is 0 Å². The van der Waals surface area contributed by atoms with Gasteiger partial charge in [0.2, 0.25) is 0 Å². The highest BCUT2D eigenvalue weighted by atomic mass is 32.2. The molecule has 3 N–H and O–H groups in total. The van der Waals surface area contributed by atoms with E-state index in [0.717, 1.165) is 17.5 Å². The fourth-order valence-corrected chi connectivity index (χ4v) is 1.21. The predicted octanol–water partition coefficient (Wildman–Crippen LogP) is 0.319. The molecular weight excluding hydrogens is 162 g/mol. The Hall–Kier alpha value is -1.14. The van der Waals surface area contributed by atoms with Gasteiger partial charge in [-0.15, -0.1) is 0 Å². The summed E-state index contributed by atoms with van der Waals surface area (Å²) in [4.78, 5) is 14.7. The maximum Gasteiger partial charge on any atom is 0.181 e. The van der Waals surface area contributed by atoms with Gasteiger partial charge in [0.15, 0.2) is 5.65 Å². The standard InChI is InChI=1S/C5H5N5S/c6-11-5-3-4(8-1-7-3)9-2-10-5/h1-2H,6H2,(H,7,8,9,10). The van der Waals surface area contributed by atoms with Gasteiger partial charge >= 0.3 is 0 Å². The molecule has 0 atom stereocenters. The molecule has 2 rings (SSSR count). The van der Waals surface area contributed by atoms with E-state index in [2.05, 4.69) is 19.9 Å². The quantitative estimate of drug-likeness (QED) is 0.472. The van der Waals surface area contributed by atoms with Crippen LogP contribution in [0.5, 0.6) is 0 Å². The fourth-order valence-electron chi connectivity index (χ4n) is 0.832. The first-order valence-electron chi connectivity index (χ1n) is 2.92. The summed E-state index contributed by atoms with van der Waals surface area (Å²) in [6, 6.07) is 0. The van der Waals surface area contributed by atoms with Crippen molar-refractivity contribution in [1.82, 2.24) is 19.9 Å². The smallest absolute Gasteiger partial charge is 0.181 e. The van der Waals surface area contributed by atoms with Gasteiger partial charge in [-0.3, -0.25) is 5.14 Å². The van der Waals surface area contributed by atoms with Crippen molar-refractivity contribution < 1.29 is 0 Å². The van der Waals surface area contributed by atoms with E-state index in [1.54, 1.807) is 6.33 Å². The molecule has 0 aliphatic heterocycles. The second-order valence-corrected chi connectivity index (χ2v) is 2.52. The van der Waals surface area contributed by atoms with Gasteiger partial charge < -0.3 is 4.98 Å². The number of aromatic nitrogens is 4. The molecule has 0 aliphatic rings. The van der Waals surface area contributed by atoms with E-state index in [1.165, 1.54) is 6.33 Å². The Balaban J connectivity index is 2.79. The highest BCUT2D eigenvalue weighted by molar-refractivity contribution is 7.97. The molecule has 0 aromatic carbocycles. The Morgan fingerprint density at radius 3 is 3.09 bits per heavy atom. The molecule has 0 radical (unpaired) electrons. The molecule has 0 saturated carbocycles. The topological polar surface area (TPSA) is 80.5 Å². The molecule has 0 saturated heterocycles. The average Bonchev–Trinajstić information content (AvgIpc) is 2.50. The Kier molecular flexibility index (Phi) is 1.48. The van der Waals surface area contributed by atoms with E-state index in [1.807, 2.05) is 0 Å². The molecule has 5 nitrogen and oxygen atoms in total. The van der Waals surface area contributed by atoms with Gasteiger partial charge in [-0.25, -0.2) is 15.0 Å². The summed E-state index contributed by atoms with van der Waals surface area (Å²) in [6.45, 7) is 0. The zero-order valence-electron chi connectivity index (χ0n) is 5.48. The van der Waals surface area contributed by atoms with E-state index in [0.29, 0.717) is 10.7 Å². The zero-order chi connectivity index (χ0) is 7.68. The summed E-state index contributed by atoms with van der Waals surface area (Å²) in [5.41, 5.74) is 1.44. The van der Waals surface area contributed by atoms with Crippen LogP contribution < -0.4 is 5.14 Å². The molecule has 2 heterocycles. The van der Waals surface area contributed by atoms with Gasteiger partial charge in [-0.1, -0.05) is 0 Å². The summed E-state index contributed by atoms with van der Waals surface area (Å²) in [5, 5.41) is 6.07. The van der Waals surface area contributed by atoms with Crippen LogP contribution in [0.3, 0.4) is 0 Å². The van der Waals surface area contributed by atoms with Crippen LogP contribution in [0.1, 0.15) is 0 Å². The first-order chi connectivity index (χ1) is 5.42. The van der Waals surface area contributed by atoms with Crippen molar-refractivity contribution in [2.45, 2.75) is 5.03 Å². The number of aromatic amines is 1. The minimum absolute atomic E-state index is 0.646. The van der Waals surface area contributed by atoms with E-state index in [9.17, 15) is 0 Å². The van der Waals surface area contributed by atoms with E-state index >= 15 is 0 Å². The molecule has 2 aromatic heterocycles. The Labute approximate surface area is 66.6 Å². The van der Waals surface area contributed by atoms with E-state index in [4.69, 9.17) is 5.14 Å². The van der Waals surface area contributed by atoms with Crippen molar-refractivity contribution in [2.24, 2.45) is 5.14 Å². The Morgan fingerprint density at radius 1 is 1.36 bits per heavy atom. The lowest BCUT2D eigenvalue weighted by atomic mass is 10.6. The lowest BCUT2D eigenvalue weighted by Crippen LogP contribution is -1.88. The van der Waals surface area contributed by atoms with Crippen molar-refractivity contribution in [3.8, 4) is 0 Å². The number of H-pyrrole nitrogens is 1. The molecule has 6 heteroatoms. The third-order valence-corrected chi connectivity index (χ3v) is 1.83. The molecule has 0 aliphatic carbocycles. The summed E-state index contributed by atoms with van der Waals surface area (Å²) in [6.07, 6.45) is 3.01. The van der Waals surface area contributed by atoms with Crippen molar-refractivity contribution in [3.05, 3.63) is 12.7 Å². The van der Waals surface area contributed by atoms with E-state index in [-0.39, 0.29) is 0 Å². The van der Waals surface area contributed by atoms with Crippen molar-refractivity contribution in [3.63, 3.8) is 0 Å². The largest absolute Gasteiger partial charge is 0.341 e. The van der Waals surface area contributed by atoms with Gasteiger partial charge in [0.25, 0.3) is 0 Å². The molecule has 0 fully saturated rings. The number of nitrogens with two attached hydrogens (primary N) is 1. The minimum atomic E-state index is 0.646. The second-order valence-electron chi connectivity index (χ2n) is 1.90. The molecular formula is C5H5N5S. The molecule has 0 bridgehead atoms. The molecule has 2 aromatic rings. The number of imidazole rings is 1. The van der Waals surface area contributed by atoms with Crippen LogP contribution in [0.25, 0.3) is 11.2 Å². The van der Waals surface area contributed by atoms with Gasteiger partial charge in [-0.05, 0) is 11.9 Å². The van der Waals surface area contributed by atoms with Crippen LogP contribution in [-0.4, -0.2) is 19.9 Å². The molecule has 0 unspecified atom stereocenters. The maximum absolute atomic E-state index is 5.35. The fraction of sp³-hybridized carbons (Fsp3) is 0. The number of hydrogen-bond donors (Lipinski definition) is 2. The monoisotopic (exact) mass is 167 g/mol. The van der Waals surface area contributed by atoms with Crippen LogP contribution in [0.2, 0.25) is 0 Å². The van der Waals surface area contributed by atoms with Crippen LogP contribution in [0.4, 0.5) is 0 Å². The van der Waals surface area contributed by atoms with Crippen LogP contribution >= 0.6 is 11.9 Å². The second kappa shape index (κ2) is 2.48. The van der Waals surface area contributed by atoms with Crippen LogP contribution in [0, 0.1) is 0 Å². The zero-order valence-corrected chi connectivity index (χ0v) is 6.30. The molecule has 11 heavy (non-hydrogen) atoms.